The minimum atomic E-state index is 0.183. The first-order chi connectivity index (χ1) is 13.0. The van der Waals surface area contributed by atoms with Crippen molar-refractivity contribution in [1.82, 2.24) is 19.7 Å². The smallest absolute Gasteiger partial charge is 0.233 e. The molecule has 1 saturated carbocycles. The fourth-order valence-electron chi connectivity index (χ4n) is 3.74. The second-order valence-electron chi connectivity index (χ2n) is 7.63. The molecule has 1 heterocycles. The number of thioether (sulfide) groups is 1. The summed E-state index contributed by atoms with van der Waals surface area (Å²) in [4.78, 5) is 14.6. The summed E-state index contributed by atoms with van der Waals surface area (Å²) in [7, 11) is 1.95. The van der Waals surface area contributed by atoms with Crippen molar-refractivity contribution in [2.75, 3.05) is 12.8 Å². The quantitative estimate of drug-likeness (QED) is 0.691. The van der Waals surface area contributed by atoms with Gasteiger partial charge < -0.3 is 9.47 Å². The van der Waals surface area contributed by atoms with Crippen LogP contribution in [0, 0.1) is 12.8 Å². The molecule has 0 spiro atoms. The number of amides is 1. The second kappa shape index (κ2) is 8.91. The highest BCUT2D eigenvalue weighted by molar-refractivity contribution is 7.99. The Kier molecular flexibility index (Phi) is 6.58. The Morgan fingerprint density at radius 2 is 2.00 bits per heavy atom. The van der Waals surface area contributed by atoms with Gasteiger partial charge in [0, 0.05) is 25.2 Å². The number of carbonyl (C=O) groups excluding carboxylic acids is 1. The maximum atomic E-state index is 12.7. The van der Waals surface area contributed by atoms with Crippen molar-refractivity contribution in [3.8, 4) is 11.4 Å². The second-order valence-corrected chi connectivity index (χ2v) is 8.57. The van der Waals surface area contributed by atoms with E-state index in [1.807, 2.05) is 18.0 Å². The lowest BCUT2D eigenvalue weighted by molar-refractivity contribution is -0.129. The van der Waals surface area contributed by atoms with E-state index in [0.717, 1.165) is 41.8 Å². The molecule has 0 unspecified atom stereocenters. The van der Waals surface area contributed by atoms with Crippen LogP contribution in [0.15, 0.2) is 29.4 Å². The zero-order valence-electron chi connectivity index (χ0n) is 16.8. The highest BCUT2D eigenvalue weighted by Gasteiger charge is 2.25. The molecule has 146 valence electrons. The number of hydrogen-bond acceptors (Lipinski definition) is 4. The van der Waals surface area contributed by atoms with E-state index in [0.29, 0.717) is 11.8 Å². The van der Waals surface area contributed by atoms with Crippen molar-refractivity contribution < 1.29 is 4.79 Å². The number of hydrogen-bond donors (Lipinski definition) is 0. The number of aryl methyl sites for hydroxylation is 1. The number of benzene rings is 1. The van der Waals surface area contributed by atoms with Gasteiger partial charge in [-0.25, -0.2) is 0 Å². The summed E-state index contributed by atoms with van der Waals surface area (Å²) >= 11 is 1.49. The van der Waals surface area contributed by atoms with Crippen LogP contribution in [0.2, 0.25) is 0 Å². The van der Waals surface area contributed by atoms with Crippen LogP contribution >= 0.6 is 11.8 Å². The molecule has 0 atom stereocenters. The third-order valence-electron chi connectivity index (χ3n) is 5.56. The molecule has 2 aromatic rings. The van der Waals surface area contributed by atoms with E-state index in [-0.39, 0.29) is 5.91 Å². The Labute approximate surface area is 166 Å². The van der Waals surface area contributed by atoms with Gasteiger partial charge in [0.1, 0.15) is 0 Å². The van der Waals surface area contributed by atoms with E-state index in [1.54, 1.807) is 0 Å². The molecule has 1 fully saturated rings. The lowest BCUT2D eigenvalue weighted by Crippen LogP contribution is -2.40. The summed E-state index contributed by atoms with van der Waals surface area (Å²) in [5, 5.41) is 9.55. The number of nitrogens with zero attached hydrogens (tertiary/aromatic N) is 4. The molecule has 0 radical (unpaired) electrons. The molecule has 3 rings (SSSR count). The van der Waals surface area contributed by atoms with E-state index in [9.17, 15) is 4.79 Å². The molecular weight excluding hydrogens is 356 g/mol. The number of aromatic nitrogens is 3. The first-order valence-corrected chi connectivity index (χ1v) is 10.9. The first kappa shape index (κ1) is 19.9. The Morgan fingerprint density at radius 3 is 2.67 bits per heavy atom. The Bertz CT molecular complexity index is 780. The average Bonchev–Trinajstić information content (AvgIpc) is 3.09. The molecule has 0 aliphatic heterocycles. The minimum absolute atomic E-state index is 0.183. The Morgan fingerprint density at radius 1 is 1.26 bits per heavy atom. The van der Waals surface area contributed by atoms with Gasteiger partial charge in [0.05, 0.1) is 5.75 Å². The summed E-state index contributed by atoms with van der Waals surface area (Å²) in [6, 6.07) is 8.68. The minimum Gasteiger partial charge on any atom is -0.342 e. The van der Waals surface area contributed by atoms with E-state index < -0.39 is 0 Å². The third-order valence-corrected chi connectivity index (χ3v) is 6.51. The van der Waals surface area contributed by atoms with Crippen LogP contribution in [-0.2, 0) is 11.3 Å². The van der Waals surface area contributed by atoms with Crippen LogP contribution in [-0.4, -0.2) is 44.4 Å². The van der Waals surface area contributed by atoms with Gasteiger partial charge >= 0.3 is 0 Å². The molecule has 1 aromatic heterocycles. The van der Waals surface area contributed by atoms with E-state index in [1.165, 1.54) is 30.2 Å². The molecule has 6 heteroatoms. The lowest BCUT2D eigenvalue weighted by Gasteiger charge is -2.33. The molecule has 1 aliphatic carbocycles. The third kappa shape index (κ3) is 4.72. The molecule has 1 aliphatic rings. The highest BCUT2D eigenvalue weighted by Crippen LogP contribution is 2.28. The predicted octanol–water partition coefficient (Wildman–Crippen LogP) is 4.40. The summed E-state index contributed by atoms with van der Waals surface area (Å²) in [6.07, 6.45) is 4.69. The van der Waals surface area contributed by atoms with E-state index in [4.69, 9.17) is 0 Å². The zero-order valence-corrected chi connectivity index (χ0v) is 17.6. The largest absolute Gasteiger partial charge is 0.342 e. The molecule has 27 heavy (non-hydrogen) atoms. The molecule has 5 nitrogen and oxygen atoms in total. The standard InChI is InChI=1S/C21H30N4OS/c1-5-25-20(17-8-6-7-16(3)13-17)22-23-21(25)27-14-19(26)24(4)18-11-9-15(2)10-12-18/h6-8,13,15,18H,5,9-12,14H2,1-4H3. The maximum Gasteiger partial charge on any atom is 0.233 e. The molecule has 1 aromatic carbocycles. The monoisotopic (exact) mass is 386 g/mol. The van der Waals surface area contributed by atoms with Gasteiger partial charge in [-0.1, -0.05) is 42.4 Å². The molecule has 0 saturated heterocycles. The molecule has 1 amide bonds. The van der Waals surface area contributed by atoms with Crippen molar-refractivity contribution in [2.45, 2.75) is 64.2 Å². The van der Waals surface area contributed by atoms with E-state index in [2.05, 4.69) is 53.7 Å². The molecular formula is C21H30N4OS. The van der Waals surface area contributed by atoms with Crippen molar-refractivity contribution in [2.24, 2.45) is 5.92 Å². The topological polar surface area (TPSA) is 51.0 Å². The van der Waals surface area contributed by atoms with Crippen LogP contribution in [0.4, 0.5) is 0 Å². The van der Waals surface area contributed by atoms with Crippen LogP contribution in [0.5, 0.6) is 0 Å². The summed E-state index contributed by atoms with van der Waals surface area (Å²) in [5.74, 6) is 2.25. The Balaban J connectivity index is 1.65. The van der Waals surface area contributed by atoms with Gasteiger partial charge in [-0.2, -0.15) is 0 Å². The fraction of sp³-hybridized carbons (Fsp3) is 0.571. The van der Waals surface area contributed by atoms with Gasteiger partial charge in [-0.05, 0) is 51.5 Å². The van der Waals surface area contributed by atoms with Crippen molar-refractivity contribution in [3.05, 3.63) is 29.8 Å². The summed E-state index contributed by atoms with van der Waals surface area (Å²) in [6.45, 7) is 7.25. The average molecular weight is 387 g/mol. The van der Waals surface area contributed by atoms with Crippen LogP contribution < -0.4 is 0 Å². The maximum absolute atomic E-state index is 12.7. The zero-order chi connectivity index (χ0) is 19.4. The molecule has 0 bridgehead atoms. The first-order valence-electron chi connectivity index (χ1n) is 9.88. The van der Waals surface area contributed by atoms with Crippen LogP contribution in [0.1, 0.15) is 45.1 Å². The normalized spacial score (nSPS) is 19.9. The SMILES string of the molecule is CCn1c(SCC(=O)N(C)C2CCC(C)CC2)nnc1-c1cccc(C)c1. The molecule has 0 N–H and O–H groups in total. The highest BCUT2D eigenvalue weighted by atomic mass is 32.2. The van der Waals surface area contributed by atoms with Crippen LogP contribution in [0.3, 0.4) is 0 Å². The number of carbonyl (C=O) groups is 1. The van der Waals surface area contributed by atoms with E-state index >= 15 is 0 Å². The van der Waals surface area contributed by atoms with Gasteiger partial charge in [0.2, 0.25) is 5.91 Å². The lowest BCUT2D eigenvalue weighted by atomic mass is 9.87. The predicted molar refractivity (Wildman–Crippen MR) is 111 cm³/mol. The van der Waals surface area contributed by atoms with Crippen molar-refractivity contribution in [1.29, 1.82) is 0 Å². The van der Waals surface area contributed by atoms with Gasteiger partial charge in [0.15, 0.2) is 11.0 Å². The van der Waals surface area contributed by atoms with Crippen molar-refractivity contribution >= 4 is 17.7 Å². The van der Waals surface area contributed by atoms with Crippen molar-refractivity contribution in [3.63, 3.8) is 0 Å². The summed E-state index contributed by atoms with van der Waals surface area (Å²) < 4.78 is 2.09. The van der Waals surface area contributed by atoms with Crippen LogP contribution in [0.25, 0.3) is 11.4 Å². The van der Waals surface area contributed by atoms with Gasteiger partial charge in [-0.15, -0.1) is 10.2 Å². The summed E-state index contributed by atoms with van der Waals surface area (Å²) in [5.41, 5.74) is 2.27. The Hall–Kier alpha value is -1.82. The van der Waals surface area contributed by atoms with Gasteiger partial charge in [0.25, 0.3) is 0 Å². The number of rotatable bonds is 6. The van der Waals surface area contributed by atoms with Gasteiger partial charge in [-0.3, -0.25) is 4.79 Å². The fourth-order valence-corrected chi connectivity index (χ4v) is 4.67.